The zero-order chi connectivity index (χ0) is 18.6. The van der Waals surface area contributed by atoms with Crippen LogP contribution in [-0.4, -0.2) is 26.8 Å². The fourth-order valence-electron chi connectivity index (χ4n) is 2.39. The van der Waals surface area contributed by atoms with E-state index in [2.05, 4.69) is 27.9 Å². The molecule has 1 aromatic carbocycles. The van der Waals surface area contributed by atoms with Crippen LogP contribution in [0.25, 0.3) is 11.0 Å². The lowest BCUT2D eigenvalue weighted by atomic mass is 9.90. The normalized spacial score (nSPS) is 13.6. The Morgan fingerprint density at radius 2 is 2.24 bits per heavy atom. The second kappa shape index (κ2) is 8.11. The van der Waals surface area contributed by atoms with Crippen LogP contribution in [-0.2, 0) is 11.3 Å². The van der Waals surface area contributed by atoms with Gasteiger partial charge in [-0.1, -0.05) is 44.1 Å². The maximum Gasteiger partial charge on any atom is 0.231 e. The molecule has 25 heavy (non-hydrogen) atoms. The van der Waals surface area contributed by atoms with Crippen molar-refractivity contribution in [3.8, 4) is 6.07 Å². The van der Waals surface area contributed by atoms with E-state index >= 15 is 0 Å². The average molecular weight is 379 g/mol. The molecule has 5 nitrogen and oxygen atoms in total. The molecule has 0 fully saturated rings. The summed E-state index contributed by atoms with van der Waals surface area (Å²) in [6.45, 7) is 8.50. The monoisotopic (exact) mass is 378 g/mol. The number of benzene rings is 1. The number of imidazole rings is 1. The molecule has 1 atom stereocenters. The highest BCUT2D eigenvalue weighted by Crippen LogP contribution is 2.27. The quantitative estimate of drug-likeness (QED) is 0.731. The van der Waals surface area contributed by atoms with Crippen molar-refractivity contribution in [2.24, 2.45) is 5.92 Å². The molecular formula is C18H23ClN4OS. The molecular weight excluding hydrogens is 356 g/mol. The Bertz CT molecular complexity index is 811. The summed E-state index contributed by atoms with van der Waals surface area (Å²) in [5, 5.41) is 13.6. The Labute approximate surface area is 157 Å². The Morgan fingerprint density at radius 3 is 2.84 bits per heavy atom. The second-order valence-corrected chi connectivity index (χ2v) is 7.86. The molecule has 0 saturated heterocycles. The highest BCUT2D eigenvalue weighted by Gasteiger charge is 2.30. The minimum atomic E-state index is -0.866. The van der Waals surface area contributed by atoms with Crippen LogP contribution in [0.1, 0.15) is 34.1 Å². The molecule has 2 rings (SSSR count). The zero-order valence-corrected chi connectivity index (χ0v) is 16.5. The Balaban J connectivity index is 2.16. The summed E-state index contributed by atoms with van der Waals surface area (Å²) in [4.78, 5) is 16.9. The van der Waals surface area contributed by atoms with Crippen LogP contribution in [0, 0.1) is 17.2 Å². The van der Waals surface area contributed by atoms with Gasteiger partial charge in [0.1, 0.15) is 5.54 Å². The zero-order valence-electron chi connectivity index (χ0n) is 15.0. The first kappa shape index (κ1) is 19.6. The van der Waals surface area contributed by atoms with Gasteiger partial charge in [-0.2, -0.15) is 5.26 Å². The standard InChI is InChI=1S/C18H23ClN4OS/c1-5-8-23-15-7-6-13(19)9-14(15)21-17(23)25-10-16(24)22-18(4,11-20)12(2)3/h6-7,9,12H,5,8,10H2,1-4H3,(H,22,24)/t18-/m0/s1. The van der Waals surface area contributed by atoms with Crippen molar-refractivity contribution in [1.29, 1.82) is 5.26 Å². The third-order valence-corrected chi connectivity index (χ3v) is 5.45. The molecule has 0 radical (unpaired) electrons. The number of nitrogens with zero attached hydrogens (tertiary/aromatic N) is 3. The van der Waals surface area contributed by atoms with Crippen LogP contribution < -0.4 is 5.32 Å². The number of nitrogens with one attached hydrogen (secondary N) is 1. The Hall–Kier alpha value is -1.71. The fraction of sp³-hybridized carbons (Fsp3) is 0.500. The van der Waals surface area contributed by atoms with Gasteiger partial charge >= 0.3 is 0 Å². The first-order valence-electron chi connectivity index (χ1n) is 8.31. The highest BCUT2D eigenvalue weighted by atomic mass is 35.5. The number of nitriles is 1. The number of halogens is 1. The molecule has 0 aliphatic heterocycles. The Kier molecular flexibility index (Phi) is 6.36. The largest absolute Gasteiger partial charge is 0.337 e. The van der Waals surface area contributed by atoms with Crippen LogP contribution in [0.4, 0.5) is 0 Å². The van der Waals surface area contributed by atoms with E-state index in [0.29, 0.717) is 5.02 Å². The topological polar surface area (TPSA) is 70.7 Å². The van der Waals surface area contributed by atoms with Gasteiger partial charge in [-0.3, -0.25) is 4.79 Å². The van der Waals surface area contributed by atoms with E-state index < -0.39 is 5.54 Å². The van der Waals surface area contributed by atoms with E-state index in [1.165, 1.54) is 11.8 Å². The number of rotatable bonds is 7. The lowest BCUT2D eigenvalue weighted by Gasteiger charge is -2.27. The summed E-state index contributed by atoms with van der Waals surface area (Å²) in [7, 11) is 0. The maximum atomic E-state index is 12.3. The summed E-state index contributed by atoms with van der Waals surface area (Å²) in [5.74, 6) is 0.0687. The first-order chi connectivity index (χ1) is 11.8. The molecule has 0 bridgehead atoms. The molecule has 1 N–H and O–H groups in total. The number of thioether (sulfide) groups is 1. The molecule has 7 heteroatoms. The van der Waals surface area contributed by atoms with Gasteiger partial charge < -0.3 is 9.88 Å². The lowest BCUT2D eigenvalue weighted by molar-refractivity contribution is -0.120. The van der Waals surface area contributed by atoms with Gasteiger partial charge in [0.2, 0.25) is 5.91 Å². The van der Waals surface area contributed by atoms with Crippen molar-refractivity contribution in [1.82, 2.24) is 14.9 Å². The number of aromatic nitrogens is 2. The van der Waals surface area contributed by atoms with Crippen LogP contribution in [0.3, 0.4) is 0 Å². The van der Waals surface area contributed by atoms with Crippen LogP contribution in [0.2, 0.25) is 5.02 Å². The van der Waals surface area contributed by atoms with Gasteiger partial charge in [-0.25, -0.2) is 4.98 Å². The molecule has 0 aliphatic carbocycles. The van der Waals surface area contributed by atoms with E-state index in [9.17, 15) is 10.1 Å². The predicted molar refractivity (Wildman–Crippen MR) is 103 cm³/mol. The van der Waals surface area contributed by atoms with Crippen molar-refractivity contribution < 1.29 is 4.79 Å². The van der Waals surface area contributed by atoms with Gasteiger partial charge in [0, 0.05) is 11.6 Å². The van der Waals surface area contributed by atoms with Crippen molar-refractivity contribution in [3.05, 3.63) is 23.2 Å². The molecule has 0 spiro atoms. The minimum absolute atomic E-state index is 0.0262. The maximum absolute atomic E-state index is 12.3. The number of carbonyl (C=O) groups excluding carboxylic acids is 1. The van der Waals surface area contributed by atoms with Gasteiger partial charge in [0.25, 0.3) is 0 Å². The predicted octanol–water partition coefficient (Wildman–Crippen LogP) is 4.25. The molecule has 0 unspecified atom stereocenters. The summed E-state index contributed by atoms with van der Waals surface area (Å²) in [6.07, 6.45) is 0.966. The van der Waals surface area contributed by atoms with E-state index in [1.807, 2.05) is 32.0 Å². The van der Waals surface area contributed by atoms with Gasteiger partial charge in [0.15, 0.2) is 5.16 Å². The minimum Gasteiger partial charge on any atom is -0.337 e. The lowest BCUT2D eigenvalue weighted by Crippen LogP contribution is -2.49. The third-order valence-electron chi connectivity index (χ3n) is 4.24. The number of carbonyl (C=O) groups is 1. The summed E-state index contributed by atoms with van der Waals surface area (Å²) in [6, 6.07) is 7.82. The number of aryl methyl sites for hydroxylation is 1. The number of fused-ring (bicyclic) bond motifs is 1. The van der Waals surface area contributed by atoms with Crippen LogP contribution in [0.5, 0.6) is 0 Å². The van der Waals surface area contributed by atoms with Gasteiger partial charge in [-0.15, -0.1) is 0 Å². The molecule has 1 amide bonds. The van der Waals surface area contributed by atoms with Crippen molar-refractivity contribution >= 4 is 40.3 Å². The van der Waals surface area contributed by atoms with Crippen molar-refractivity contribution in [3.63, 3.8) is 0 Å². The van der Waals surface area contributed by atoms with Gasteiger partial charge in [-0.05, 0) is 37.5 Å². The first-order valence-corrected chi connectivity index (χ1v) is 9.68. The highest BCUT2D eigenvalue weighted by molar-refractivity contribution is 7.99. The van der Waals surface area contributed by atoms with Crippen LogP contribution in [0.15, 0.2) is 23.4 Å². The molecule has 1 heterocycles. The molecule has 134 valence electrons. The van der Waals surface area contributed by atoms with E-state index in [-0.39, 0.29) is 17.6 Å². The van der Waals surface area contributed by atoms with E-state index in [1.54, 1.807) is 6.92 Å². The number of hydrogen-bond donors (Lipinski definition) is 1. The van der Waals surface area contributed by atoms with Crippen molar-refractivity contribution in [2.75, 3.05) is 5.75 Å². The molecule has 2 aromatic rings. The fourth-order valence-corrected chi connectivity index (χ4v) is 3.39. The second-order valence-electron chi connectivity index (χ2n) is 6.48. The summed E-state index contributed by atoms with van der Waals surface area (Å²) in [5.41, 5.74) is 0.973. The average Bonchev–Trinajstić information content (AvgIpc) is 2.90. The van der Waals surface area contributed by atoms with Crippen molar-refractivity contribution in [2.45, 2.75) is 51.4 Å². The van der Waals surface area contributed by atoms with Gasteiger partial charge in [0.05, 0.1) is 22.9 Å². The van der Waals surface area contributed by atoms with E-state index in [4.69, 9.17) is 11.6 Å². The SMILES string of the molecule is CCCn1c(SCC(=O)N[C@@](C)(C#N)C(C)C)nc2cc(Cl)ccc21. The smallest absolute Gasteiger partial charge is 0.231 e. The summed E-state index contributed by atoms with van der Waals surface area (Å²) < 4.78 is 2.11. The van der Waals surface area contributed by atoms with Crippen LogP contribution >= 0.6 is 23.4 Å². The molecule has 0 aliphatic rings. The van der Waals surface area contributed by atoms with E-state index in [0.717, 1.165) is 29.2 Å². The number of hydrogen-bond acceptors (Lipinski definition) is 4. The number of amides is 1. The summed E-state index contributed by atoms with van der Waals surface area (Å²) >= 11 is 7.43. The molecule has 0 saturated carbocycles. The third kappa shape index (κ3) is 4.47. The molecule has 1 aromatic heterocycles. The Morgan fingerprint density at radius 1 is 1.52 bits per heavy atom.